The molecular formula is C25H16F2N4O2. The van der Waals surface area contributed by atoms with E-state index in [1.807, 2.05) is 18.2 Å². The number of carbonyl (C=O) groups is 1. The lowest BCUT2D eigenvalue weighted by Crippen LogP contribution is -2.13. The van der Waals surface area contributed by atoms with Crippen LogP contribution in [0.5, 0.6) is 0 Å². The molecule has 0 saturated carbocycles. The highest BCUT2D eigenvalue weighted by Crippen LogP contribution is 2.34. The van der Waals surface area contributed by atoms with E-state index in [-0.39, 0.29) is 28.9 Å². The monoisotopic (exact) mass is 442 g/mol. The van der Waals surface area contributed by atoms with Crippen molar-refractivity contribution in [2.45, 2.75) is 6.54 Å². The Hall–Kier alpha value is -4.46. The first kappa shape index (κ1) is 20.4. The number of aromatic nitrogens is 2. The topological polar surface area (TPSA) is 78.7 Å². The van der Waals surface area contributed by atoms with Gasteiger partial charge in [0.15, 0.2) is 0 Å². The molecule has 6 nitrogen and oxygen atoms in total. The quantitative estimate of drug-likeness (QED) is 0.431. The molecule has 0 spiro atoms. The molecule has 5 rings (SSSR count). The molecule has 2 heterocycles. The molecule has 162 valence electrons. The predicted octanol–water partition coefficient (Wildman–Crippen LogP) is 5.35. The average Bonchev–Trinajstić information content (AvgIpc) is 3.00. The first-order valence-electron chi connectivity index (χ1n) is 10.1. The molecule has 8 heteroatoms. The lowest BCUT2D eigenvalue weighted by Gasteiger charge is -2.16. The van der Waals surface area contributed by atoms with Gasteiger partial charge in [-0.05, 0) is 24.3 Å². The molecule has 0 aliphatic carbocycles. The number of aromatic carboxylic acids is 1. The summed E-state index contributed by atoms with van der Waals surface area (Å²) in [4.78, 5) is 24.7. The van der Waals surface area contributed by atoms with Gasteiger partial charge in [-0.25, -0.2) is 19.2 Å². The van der Waals surface area contributed by atoms with Crippen LogP contribution in [0.15, 0.2) is 84.0 Å². The molecule has 4 aromatic rings. The number of benzene rings is 3. The Morgan fingerprint density at radius 2 is 1.58 bits per heavy atom. The largest absolute Gasteiger partial charge is 0.478 e. The van der Waals surface area contributed by atoms with Crippen LogP contribution in [0.3, 0.4) is 0 Å². The van der Waals surface area contributed by atoms with Gasteiger partial charge in [-0.3, -0.25) is 4.99 Å². The molecule has 33 heavy (non-hydrogen) atoms. The van der Waals surface area contributed by atoms with Gasteiger partial charge in [-0.2, -0.15) is 0 Å². The Balaban J connectivity index is 1.64. The molecule has 0 bridgehead atoms. The third kappa shape index (κ3) is 3.61. The zero-order valence-corrected chi connectivity index (χ0v) is 17.1. The van der Waals surface area contributed by atoms with Crippen LogP contribution < -0.4 is 5.12 Å². The van der Waals surface area contributed by atoms with Gasteiger partial charge in [0.1, 0.15) is 5.82 Å². The van der Waals surface area contributed by atoms with Crippen molar-refractivity contribution in [3.05, 3.63) is 107 Å². The zero-order chi connectivity index (χ0) is 22.9. The summed E-state index contributed by atoms with van der Waals surface area (Å²) < 4.78 is 29.9. The van der Waals surface area contributed by atoms with E-state index in [0.29, 0.717) is 33.7 Å². The van der Waals surface area contributed by atoms with Crippen LogP contribution in [0, 0.1) is 5.82 Å². The first-order chi connectivity index (χ1) is 16.0. The van der Waals surface area contributed by atoms with Crippen molar-refractivity contribution in [3.63, 3.8) is 0 Å². The Morgan fingerprint density at radius 3 is 2.33 bits per heavy atom. The molecule has 3 aromatic carbocycles. The van der Waals surface area contributed by atoms with E-state index >= 15 is 4.48 Å². The van der Waals surface area contributed by atoms with Crippen molar-refractivity contribution >= 4 is 23.3 Å². The molecular weight excluding hydrogens is 426 g/mol. The first-order valence-corrected chi connectivity index (χ1v) is 10.1. The van der Waals surface area contributed by atoms with Crippen LogP contribution >= 0.6 is 0 Å². The molecule has 1 aliphatic rings. The van der Waals surface area contributed by atoms with E-state index in [9.17, 15) is 14.3 Å². The summed E-state index contributed by atoms with van der Waals surface area (Å²) in [5, 5.41) is 9.55. The van der Waals surface area contributed by atoms with E-state index in [1.54, 1.807) is 24.3 Å². The molecule has 0 amide bonds. The maximum atomic E-state index is 15.3. The fourth-order valence-corrected chi connectivity index (χ4v) is 3.80. The maximum Gasteiger partial charge on any atom is 0.337 e. The van der Waals surface area contributed by atoms with Gasteiger partial charge in [0.25, 0.3) is 5.95 Å². The van der Waals surface area contributed by atoms with Crippen LogP contribution in [0.25, 0.3) is 11.3 Å². The second-order valence-electron chi connectivity index (χ2n) is 7.34. The number of carboxylic acids is 1. The van der Waals surface area contributed by atoms with Gasteiger partial charge < -0.3 is 5.11 Å². The Morgan fingerprint density at radius 1 is 0.909 bits per heavy atom. The van der Waals surface area contributed by atoms with Crippen molar-refractivity contribution in [2.24, 2.45) is 4.99 Å². The van der Waals surface area contributed by atoms with Gasteiger partial charge in [0.05, 0.1) is 29.2 Å². The molecule has 0 fully saturated rings. The Labute approximate surface area is 187 Å². The fourth-order valence-electron chi connectivity index (χ4n) is 3.80. The number of nitrogens with zero attached hydrogens (tertiary/aromatic N) is 4. The molecule has 1 aromatic heterocycles. The van der Waals surface area contributed by atoms with Gasteiger partial charge in [0, 0.05) is 28.5 Å². The summed E-state index contributed by atoms with van der Waals surface area (Å²) in [5.41, 5.74) is 2.81. The van der Waals surface area contributed by atoms with Crippen LogP contribution in [-0.4, -0.2) is 26.8 Å². The summed E-state index contributed by atoms with van der Waals surface area (Å²) in [5.74, 6) is -1.98. The van der Waals surface area contributed by atoms with E-state index in [4.69, 9.17) is 0 Å². The predicted molar refractivity (Wildman–Crippen MR) is 120 cm³/mol. The fraction of sp³-hybridized carbons (Fsp3) is 0.0400. The van der Waals surface area contributed by atoms with Crippen molar-refractivity contribution in [2.75, 3.05) is 5.12 Å². The standard InChI is InChI=1S/C25H16F2N4O2/c26-20-11-5-3-9-18(20)23-17-8-2-1-7-16(17)22-15(13-28-23)14-29-25(30-22)31(27)21-12-6-4-10-19(21)24(32)33/h1-12,14H,13H2,(H,32,33). The number of anilines is 2. The van der Waals surface area contributed by atoms with E-state index in [2.05, 4.69) is 15.0 Å². The van der Waals surface area contributed by atoms with E-state index < -0.39 is 11.8 Å². The summed E-state index contributed by atoms with van der Waals surface area (Å²) in [6, 6.07) is 19.3. The van der Waals surface area contributed by atoms with Crippen LogP contribution in [0.4, 0.5) is 20.5 Å². The van der Waals surface area contributed by atoms with Gasteiger partial charge in [-0.15, -0.1) is 5.12 Å². The highest BCUT2D eigenvalue weighted by Gasteiger charge is 2.25. The SMILES string of the molecule is O=C(O)c1ccccc1N(F)c1ncc2c(n1)-c1ccccc1C(c1ccccc1F)=NC2. The molecule has 0 radical (unpaired) electrons. The van der Waals surface area contributed by atoms with Crippen LogP contribution in [0.1, 0.15) is 27.0 Å². The zero-order valence-electron chi connectivity index (χ0n) is 17.1. The summed E-state index contributed by atoms with van der Waals surface area (Å²) >= 11 is 0. The Kier molecular flexibility index (Phi) is 5.10. The molecule has 0 saturated heterocycles. The highest BCUT2D eigenvalue weighted by molar-refractivity contribution is 6.16. The second kappa shape index (κ2) is 8.23. The van der Waals surface area contributed by atoms with Crippen molar-refractivity contribution < 1.29 is 18.8 Å². The molecule has 1 N–H and O–H groups in total. The average molecular weight is 442 g/mol. The number of fused-ring (bicyclic) bond motifs is 3. The lowest BCUT2D eigenvalue weighted by atomic mass is 9.95. The third-order valence-electron chi connectivity index (χ3n) is 5.35. The van der Waals surface area contributed by atoms with Crippen LogP contribution in [0.2, 0.25) is 0 Å². The number of hydrogen-bond donors (Lipinski definition) is 1. The van der Waals surface area contributed by atoms with Crippen molar-refractivity contribution in [1.82, 2.24) is 9.97 Å². The number of rotatable bonds is 4. The minimum atomic E-state index is -1.27. The lowest BCUT2D eigenvalue weighted by molar-refractivity contribution is 0.0697. The summed E-state index contributed by atoms with van der Waals surface area (Å²) in [6.45, 7) is 0.173. The molecule has 1 aliphatic heterocycles. The third-order valence-corrected chi connectivity index (χ3v) is 5.35. The smallest absolute Gasteiger partial charge is 0.337 e. The van der Waals surface area contributed by atoms with Crippen molar-refractivity contribution in [1.29, 1.82) is 0 Å². The highest BCUT2D eigenvalue weighted by atomic mass is 19.2. The number of aliphatic imine (C=N–C) groups is 1. The molecule has 0 unspecified atom stereocenters. The van der Waals surface area contributed by atoms with Gasteiger partial charge in [-0.1, -0.05) is 53.0 Å². The normalized spacial score (nSPS) is 12.2. The number of halogens is 2. The number of hydrogen-bond acceptors (Lipinski definition) is 5. The van der Waals surface area contributed by atoms with Gasteiger partial charge >= 0.3 is 5.97 Å². The Bertz CT molecular complexity index is 1420. The van der Waals surface area contributed by atoms with Crippen LogP contribution in [-0.2, 0) is 6.54 Å². The minimum Gasteiger partial charge on any atom is -0.478 e. The molecule has 0 atom stereocenters. The maximum absolute atomic E-state index is 15.3. The van der Waals surface area contributed by atoms with E-state index in [0.717, 1.165) is 0 Å². The van der Waals surface area contributed by atoms with Gasteiger partial charge in [0.2, 0.25) is 0 Å². The number of carboxylic acid groups (broad SMARTS) is 1. The minimum absolute atomic E-state index is 0.149. The van der Waals surface area contributed by atoms with E-state index in [1.165, 1.54) is 36.5 Å². The number of para-hydroxylation sites is 1. The summed E-state index contributed by atoms with van der Waals surface area (Å²) in [7, 11) is 0. The second-order valence-corrected chi connectivity index (χ2v) is 7.34. The summed E-state index contributed by atoms with van der Waals surface area (Å²) in [6.07, 6.45) is 1.46. The van der Waals surface area contributed by atoms with Crippen molar-refractivity contribution in [3.8, 4) is 11.3 Å².